The molecule has 0 aliphatic carbocycles. The molecule has 0 bridgehead atoms. The Bertz CT molecular complexity index is 505. The molecular weight excluding hydrogens is 306 g/mol. The fourth-order valence-electron chi connectivity index (χ4n) is 2.28. The maximum atomic E-state index is 12.0. The highest BCUT2D eigenvalue weighted by molar-refractivity contribution is 6.03. The first-order valence-electron chi connectivity index (χ1n) is 7.19. The van der Waals surface area contributed by atoms with Gasteiger partial charge < -0.3 is 21.1 Å². The molecule has 4 N–H and O–H groups in total. The van der Waals surface area contributed by atoms with Crippen LogP contribution in [0.1, 0.15) is 29.6 Å². The average Bonchev–Trinajstić information content (AvgIpc) is 2.98. The summed E-state index contributed by atoms with van der Waals surface area (Å²) in [6.45, 7) is 1.49. The van der Waals surface area contributed by atoms with Crippen LogP contribution in [0.5, 0.6) is 0 Å². The number of carbonyl (C=O) groups excluding carboxylic acids is 2. The molecule has 6 nitrogen and oxygen atoms in total. The van der Waals surface area contributed by atoms with Crippen molar-refractivity contribution in [1.29, 1.82) is 0 Å². The van der Waals surface area contributed by atoms with E-state index < -0.39 is 0 Å². The van der Waals surface area contributed by atoms with Gasteiger partial charge in [-0.1, -0.05) is 12.1 Å². The van der Waals surface area contributed by atoms with E-state index in [1.807, 2.05) is 0 Å². The first-order valence-corrected chi connectivity index (χ1v) is 7.19. The summed E-state index contributed by atoms with van der Waals surface area (Å²) in [7, 11) is 0. The third-order valence-electron chi connectivity index (χ3n) is 3.31. The molecule has 0 spiro atoms. The summed E-state index contributed by atoms with van der Waals surface area (Å²) in [5, 5.41) is 5.48. The first-order chi connectivity index (χ1) is 10.2. The molecule has 1 fully saturated rings. The van der Waals surface area contributed by atoms with Crippen molar-refractivity contribution in [2.45, 2.75) is 25.4 Å². The molecule has 1 aromatic carbocycles. The summed E-state index contributed by atoms with van der Waals surface area (Å²) in [4.78, 5) is 24.0. The van der Waals surface area contributed by atoms with E-state index in [0.29, 0.717) is 30.8 Å². The number of amides is 2. The molecule has 1 aliphatic heterocycles. The second-order valence-corrected chi connectivity index (χ2v) is 4.98. The Hall–Kier alpha value is -1.63. The van der Waals surface area contributed by atoms with E-state index >= 15 is 0 Å². The second-order valence-electron chi connectivity index (χ2n) is 4.98. The Balaban J connectivity index is 0.00000242. The van der Waals surface area contributed by atoms with Crippen LogP contribution in [0, 0.1) is 0 Å². The fraction of sp³-hybridized carbons (Fsp3) is 0.467. The third kappa shape index (κ3) is 5.29. The molecule has 0 aromatic heterocycles. The predicted molar refractivity (Wildman–Crippen MR) is 87.3 cm³/mol. The van der Waals surface area contributed by atoms with Crippen LogP contribution in [0.2, 0.25) is 0 Å². The van der Waals surface area contributed by atoms with E-state index in [1.54, 1.807) is 24.3 Å². The van der Waals surface area contributed by atoms with Crippen molar-refractivity contribution < 1.29 is 14.3 Å². The summed E-state index contributed by atoms with van der Waals surface area (Å²) in [5.74, 6) is -0.380. The van der Waals surface area contributed by atoms with Gasteiger partial charge in [0, 0.05) is 19.7 Å². The molecule has 122 valence electrons. The molecule has 2 amide bonds. The molecule has 1 heterocycles. The van der Waals surface area contributed by atoms with Gasteiger partial charge in [-0.25, -0.2) is 0 Å². The Labute approximate surface area is 136 Å². The number of halogens is 1. The van der Waals surface area contributed by atoms with E-state index in [2.05, 4.69) is 10.6 Å². The summed E-state index contributed by atoms with van der Waals surface area (Å²) < 4.78 is 5.44. The molecule has 22 heavy (non-hydrogen) atoms. The Morgan fingerprint density at radius 1 is 1.32 bits per heavy atom. The molecular formula is C15H22ClN3O3. The lowest BCUT2D eigenvalue weighted by atomic mass is 10.1. The highest BCUT2D eigenvalue weighted by atomic mass is 35.5. The normalized spacial score (nSPS) is 16.7. The van der Waals surface area contributed by atoms with Crippen molar-refractivity contribution in [2.24, 2.45) is 5.73 Å². The van der Waals surface area contributed by atoms with Gasteiger partial charge >= 0.3 is 0 Å². The van der Waals surface area contributed by atoms with E-state index in [0.717, 1.165) is 19.4 Å². The van der Waals surface area contributed by atoms with Crippen LogP contribution < -0.4 is 16.4 Å². The number of hydrogen-bond donors (Lipinski definition) is 3. The molecule has 0 saturated carbocycles. The van der Waals surface area contributed by atoms with Crippen LogP contribution >= 0.6 is 12.4 Å². The number of anilines is 1. The summed E-state index contributed by atoms with van der Waals surface area (Å²) in [6.07, 6.45) is 2.21. The predicted octanol–water partition coefficient (Wildman–Crippen LogP) is 1.30. The number of carbonyl (C=O) groups is 2. The molecule has 1 atom stereocenters. The third-order valence-corrected chi connectivity index (χ3v) is 3.31. The van der Waals surface area contributed by atoms with Crippen molar-refractivity contribution in [3.63, 3.8) is 0 Å². The summed E-state index contributed by atoms with van der Waals surface area (Å²) >= 11 is 0. The molecule has 1 aliphatic rings. The number of nitrogens with one attached hydrogen (secondary N) is 2. The minimum absolute atomic E-state index is 0. The lowest BCUT2D eigenvalue weighted by Gasteiger charge is -2.13. The smallest absolute Gasteiger partial charge is 0.253 e. The van der Waals surface area contributed by atoms with Crippen LogP contribution in [0.25, 0.3) is 0 Å². The van der Waals surface area contributed by atoms with Gasteiger partial charge in [0.1, 0.15) is 0 Å². The van der Waals surface area contributed by atoms with Crippen LogP contribution in [-0.4, -0.2) is 37.6 Å². The van der Waals surface area contributed by atoms with Gasteiger partial charge in [-0.05, 0) is 25.0 Å². The zero-order valence-electron chi connectivity index (χ0n) is 12.3. The Morgan fingerprint density at radius 2 is 2.09 bits per heavy atom. The molecule has 2 rings (SSSR count). The summed E-state index contributed by atoms with van der Waals surface area (Å²) in [6, 6.07) is 6.92. The maximum Gasteiger partial charge on any atom is 0.253 e. The van der Waals surface area contributed by atoms with Gasteiger partial charge in [-0.3, -0.25) is 9.59 Å². The number of rotatable bonds is 6. The number of ether oxygens (including phenoxy) is 1. The lowest BCUT2D eigenvalue weighted by molar-refractivity contribution is -0.118. The molecule has 7 heteroatoms. The Kier molecular flexibility index (Phi) is 7.87. The molecule has 0 radical (unpaired) electrons. The first kappa shape index (κ1) is 18.4. The second kappa shape index (κ2) is 9.40. The average molecular weight is 328 g/mol. The van der Waals surface area contributed by atoms with Gasteiger partial charge in [0.2, 0.25) is 5.91 Å². The maximum absolute atomic E-state index is 12.0. The molecule has 1 unspecified atom stereocenters. The molecule has 1 aromatic rings. The van der Waals surface area contributed by atoms with Crippen molar-refractivity contribution in [3.05, 3.63) is 29.8 Å². The van der Waals surface area contributed by atoms with Crippen molar-refractivity contribution >= 4 is 29.9 Å². The SMILES string of the molecule is Cl.NCCNC(=O)c1ccccc1NC(=O)CC1CCCO1. The van der Waals surface area contributed by atoms with Crippen LogP contribution in [0.15, 0.2) is 24.3 Å². The Morgan fingerprint density at radius 3 is 2.77 bits per heavy atom. The minimum Gasteiger partial charge on any atom is -0.378 e. The van der Waals surface area contributed by atoms with Crippen LogP contribution in [0.3, 0.4) is 0 Å². The molecule has 1 saturated heterocycles. The van der Waals surface area contributed by atoms with Gasteiger partial charge in [0.15, 0.2) is 0 Å². The van der Waals surface area contributed by atoms with Gasteiger partial charge in [0.05, 0.1) is 23.8 Å². The fourth-order valence-corrected chi connectivity index (χ4v) is 2.28. The van der Waals surface area contributed by atoms with E-state index in [1.165, 1.54) is 0 Å². The van der Waals surface area contributed by atoms with Gasteiger partial charge in [-0.15, -0.1) is 12.4 Å². The zero-order chi connectivity index (χ0) is 15.1. The largest absolute Gasteiger partial charge is 0.378 e. The number of hydrogen-bond acceptors (Lipinski definition) is 4. The van der Waals surface area contributed by atoms with E-state index in [9.17, 15) is 9.59 Å². The monoisotopic (exact) mass is 327 g/mol. The summed E-state index contributed by atoms with van der Waals surface area (Å²) in [5.41, 5.74) is 6.31. The number of para-hydroxylation sites is 1. The van der Waals surface area contributed by atoms with Crippen molar-refractivity contribution in [3.8, 4) is 0 Å². The van der Waals surface area contributed by atoms with E-state index in [-0.39, 0.29) is 30.3 Å². The van der Waals surface area contributed by atoms with Crippen LogP contribution in [-0.2, 0) is 9.53 Å². The minimum atomic E-state index is -0.242. The quantitative estimate of drug-likeness (QED) is 0.734. The number of benzene rings is 1. The lowest BCUT2D eigenvalue weighted by Crippen LogP contribution is -2.30. The standard InChI is InChI=1S/C15H21N3O3.ClH/c16-7-8-17-15(20)12-5-1-2-6-13(12)18-14(19)10-11-4-3-9-21-11;/h1-2,5-6,11H,3-4,7-10,16H2,(H,17,20)(H,18,19);1H. The number of nitrogens with two attached hydrogens (primary N) is 1. The van der Waals surface area contributed by atoms with Crippen molar-refractivity contribution in [1.82, 2.24) is 5.32 Å². The van der Waals surface area contributed by atoms with Gasteiger partial charge in [0.25, 0.3) is 5.91 Å². The van der Waals surface area contributed by atoms with E-state index in [4.69, 9.17) is 10.5 Å². The topological polar surface area (TPSA) is 93.5 Å². The van der Waals surface area contributed by atoms with Crippen molar-refractivity contribution in [2.75, 3.05) is 25.0 Å². The van der Waals surface area contributed by atoms with Crippen LogP contribution in [0.4, 0.5) is 5.69 Å². The van der Waals surface area contributed by atoms with Gasteiger partial charge in [-0.2, -0.15) is 0 Å². The zero-order valence-corrected chi connectivity index (χ0v) is 13.2. The highest BCUT2D eigenvalue weighted by Crippen LogP contribution is 2.18. The highest BCUT2D eigenvalue weighted by Gasteiger charge is 2.20.